The lowest BCUT2D eigenvalue weighted by Crippen LogP contribution is -2.46. The fraction of sp³-hybridized carbons (Fsp3) is 0.654. The third-order valence-electron chi connectivity index (χ3n) is 6.52. The minimum Gasteiger partial charge on any atom is -0.378 e. The number of nitrogens with zero attached hydrogens (tertiary/aromatic N) is 8. The van der Waals surface area contributed by atoms with Gasteiger partial charge in [-0.05, 0) is 12.8 Å². The summed E-state index contributed by atoms with van der Waals surface area (Å²) in [4.78, 5) is 48.3. The van der Waals surface area contributed by atoms with E-state index in [0.29, 0.717) is 70.2 Å². The van der Waals surface area contributed by atoms with E-state index < -0.39 is 12.1 Å². The number of halogens is 2. The van der Waals surface area contributed by atoms with Crippen LogP contribution in [0.15, 0.2) is 6.20 Å². The fourth-order valence-electron chi connectivity index (χ4n) is 4.27. The first-order chi connectivity index (χ1) is 19.4. The van der Waals surface area contributed by atoms with Crippen LogP contribution in [-0.4, -0.2) is 94.5 Å². The summed E-state index contributed by atoms with van der Waals surface area (Å²) < 4.78 is 32.6. The van der Waals surface area contributed by atoms with Gasteiger partial charge in [-0.2, -0.15) is 15.0 Å². The molecule has 0 radical (unpaired) electrons. The van der Waals surface area contributed by atoms with Gasteiger partial charge in [0.05, 0.1) is 18.8 Å². The van der Waals surface area contributed by atoms with Crippen LogP contribution in [0.2, 0.25) is 0 Å². The summed E-state index contributed by atoms with van der Waals surface area (Å²) in [5.74, 6) is 0.963. The number of carbonyl (C=O) groups excluding carboxylic acids is 2. The van der Waals surface area contributed by atoms with Crippen molar-refractivity contribution in [2.24, 2.45) is 0 Å². The quantitative estimate of drug-likeness (QED) is 0.318. The van der Waals surface area contributed by atoms with Crippen LogP contribution >= 0.6 is 0 Å². The van der Waals surface area contributed by atoms with E-state index in [-0.39, 0.29) is 17.3 Å². The lowest BCUT2D eigenvalue weighted by atomic mass is 10.1. The number of piperazine rings is 1. The molecular formula is C26H39F2N9O3. The number of ether oxygens (including phenoxy) is 1. The van der Waals surface area contributed by atoms with E-state index in [0.717, 1.165) is 32.1 Å². The SMILES string of the molecule is CCCCCC(=O)CCC.Nc1ncc(-c2nc(N3CCOCC3)nc(N3CCN(C=O)CC3)n2)c(C(F)F)n1. The molecule has 2 aliphatic rings. The standard InChI is InChI=1S/C17H21F2N9O2.C9H18O/c18-13(19)12-11(9-21-15(20)22-12)14-23-16(27-3-1-26(10-29)2-4-27)25-17(24-14)28-5-7-30-8-6-28;1-3-5-6-8-9(10)7-4-2/h9-10,13H,1-8H2,(H2,20,21,22);3-8H2,1-2H3. The van der Waals surface area contributed by atoms with Gasteiger partial charge in [0.2, 0.25) is 24.3 Å². The summed E-state index contributed by atoms with van der Waals surface area (Å²) in [7, 11) is 0. The van der Waals surface area contributed by atoms with E-state index in [1.54, 1.807) is 4.90 Å². The van der Waals surface area contributed by atoms with Crippen LogP contribution in [0.5, 0.6) is 0 Å². The Kier molecular flexibility index (Phi) is 12.3. The number of nitrogen functional groups attached to an aromatic ring is 1. The molecule has 0 aromatic carbocycles. The molecule has 2 N–H and O–H groups in total. The number of ketones is 1. The Balaban J connectivity index is 0.000000378. The van der Waals surface area contributed by atoms with Crippen molar-refractivity contribution < 1.29 is 23.1 Å². The van der Waals surface area contributed by atoms with Crippen molar-refractivity contribution in [3.8, 4) is 11.4 Å². The summed E-state index contributed by atoms with van der Waals surface area (Å²) >= 11 is 0. The summed E-state index contributed by atoms with van der Waals surface area (Å²) in [5.41, 5.74) is 4.97. The van der Waals surface area contributed by atoms with Crippen LogP contribution in [0, 0.1) is 0 Å². The molecule has 2 saturated heterocycles. The van der Waals surface area contributed by atoms with Crippen molar-refractivity contribution in [1.82, 2.24) is 29.8 Å². The zero-order valence-corrected chi connectivity index (χ0v) is 23.3. The number of Topliss-reactive ketones (excluding diaryl/α,β-unsaturated/α-hetero) is 1. The molecule has 2 aromatic heterocycles. The van der Waals surface area contributed by atoms with Gasteiger partial charge in [-0.25, -0.2) is 18.7 Å². The average molecular weight is 564 g/mol. The summed E-state index contributed by atoms with van der Waals surface area (Å²) in [6.07, 6.45) is 5.24. The van der Waals surface area contributed by atoms with Gasteiger partial charge in [-0.1, -0.05) is 26.7 Å². The first-order valence-corrected chi connectivity index (χ1v) is 13.8. The lowest BCUT2D eigenvalue weighted by Gasteiger charge is -2.33. The molecule has 0 saturated carbocycles. The second-order valence-electron chi connectivity index (χ2n) is 9.56. The maximum atomic E-state index is 13.6. The van der Waals surface area contributed by atoms with Crippen LogP contribution in [0.1, 0.15) is 64.5 Å². The molecule has 2 aliphatic heterocycles. The van der Waals surface area contributed by atoms with Gasteiger partial charge < -0.3 is 25.2 Å². The Labute approximate surface area is 233 Å². The average Bonchev–Trinajstić information content (AvgIpc) is 2.98. The summed E-state index contributed by atoms with van der Waals surface area (Å²) in [5, 5.41) is 0. The van der Waals surface area contributed by atoms with E-state index >= 15 is 0 Å². The minimum absolute atomic E-state index is 0.00360. The van der Waals surface area contributed by atoms with Crippen LogP contribution in [0.3, 0.4) is 0 Å². The van der Waals surface area contributed by atoms with Crippen molar-refractivity contribution in [1.29, 1.82) is 0 Å². The number of hydrogen-bond acceptors (Lipinski definition) is 11. The molecule has 220 valence electrons. The van der Waals surface area contributed by atoms with Crippen molar-refractivity contribution in [2.75, 3.05) is 68.0 Å². The Morgan fingerprint density at radius 3 is 2.17 bits per heavy atom. The number of hydrogen-bond donors (Lipinski definition) is 1. The van der Waals surface area contributed by atoms with Crippen molar-refractivity contribution in [3.63, 3.8) is 0 Å². The Hall–Kier alpha value is -3.55. The molecule has 0 spiro atoms. The number of aromatic nitrogens is 5. The predicted octanol–water partition coefficient (Wildman–Crippen LogP) is 2.90. The Morgan fingerprint density at radius 2 is 1.60 bits per heavy atom. The summed E-state index contributed by atoms with van der Waals surface area (Å²) in [6.45, 7) is 8.46. The molecule has 2 fully saturated rings. The Morgan fingerprint density at radius 1 is 0.950 bits per heavy atom. The molecular weight excluding hydrogens is 524 g/mol. The molecule has 0 aliphatic carbocycles. The highest BCUT2D eigenvalue weighted by molar-refractivity contribution is 5.78. The van der Waals surface area contributed by atoms with Gasteiger partial charge in [0.15, 0.2) is 5.82 Å². The first kappa shape index (κ1) is 31.0. The smallest absolute Gasteiger partial charge is 0.281 e. The van der Waals surface area contributed by atoms with Gasteiger partial charge in [0, 0.05) is 58.3 Å². The molecule has 4 rings (SSSR count). The van der Waals surface area contributed by atoms with E-state index in [1.807, 2.05) is 9.80 Å². The van der Waals surface area contributed by atoms with Crippen LogP contribution in [-0.2, 0) is 14.3 Å². The molecule has 0 atom stereocenters. The van der Waals surface area contributed by atoms with Gasteiger partial charge in [0.1, 0.15) is 11.5 Å². The molecule has 2 aromatic rings. The minimum atomic E-state index is -2.87. The maximum absolute atomic E-state index is 13.6. The van der Waals surface area contributed by atoms with E-state index in [1.165, 1.54) is 19.0 Å². The maximum Gasteiger partial charge on any atom is 0.281 e. The number of unbranched alkanes of at least 4 members (excludes halogenated alkanes) is 2. The third-order valence-corrected chi connectivity index (χ3v) is 6.52. The van der Waals surface area contributed by atoms with Crippen LogP contribution in [0.25, 0.3) is 11.4 Å². The van der Waals surface area contributed by atoms with Crippen LogP contribution < -0.4 is 15.5 Å². The van der Waals surface area contributed by atoms with E-state index in [9.17, 15) is 18.4 Å². The molecule has 12 nitrogen and oxygen atoms in total. The second kappa shape index (κ2) is 15.9. The van der Waals surface area contributed by atoms with Gasteiger partial charge in [0.25, 0.3) is 6.43 Å². The Bertz CT molecular complexity index is 1100. The molecule has 4 heterocycles. The zero-order valence-electron chi connectivity index (χ0n) is 23.3. The highest BCUT2D eigenvalue weighted by Crippen LogP contribution is 2.29. The lowest BCUT2D eigenvalue weighted by molar-refractivity contribution is -0.119. The van der Waals surface area contributed by atoms with Gasteiger partial charge in [-0.3, -0.25) is 9.59 Å². The number of amides is 1. The third kappa shape index (κ3) is 9.00. The molecule has 1 amide bonds. The van der Waals surface area contributed by atoms with Crippen molar-refractivity contribution in [3.05, 3.63) is 11.9 Å². The monoisotopic (exact) mass is 563 g/mol. The van der Waals surface area contributed by atoms with Gasteiger partial charge >= 0.3 is 0 Å². The first-order valence-electron chi connectivity index (χ1n) is 13.8. The number of rotatable bonds is 11. The highest BCUT2D eigenvalue weighted by Gasteiger charge is 2.25. The highest BCUT2D eigenvalue weighted by atomic mass is 19.3. The topological polar surface area (TPSA) is 144 Å². The normalized spacial score (nSPS) is 15.6. The van der Waals surface area contributed by atoms with Crippen molar-refractivity contribution in [2.45, 2.75) is 58.8 Å². The number of morpholine rings is 1. The number of carbonyl (C=O) groups is 2. The van der Waals surface area contributed by atoms with Crippen LogP contribution in [0.4, 0.5) is 26.6 Å². The van der Waals surface area contributed by atoms with E-state index in [2.05, 4.69) is 38.8 Å². The number of alkyl halides is 2. The van der Waals surface area contributed by atoms with Crippen molar-refractivity contribution >= 4 is 30.0 Å². The second-order valence-corrected chi connectivity index (χ2v) is 9.56. The number of nitrogens with two attached hydrogens (primary N) is 1. The summed E-state index contributed by atoms with van der Waals surface area (Å²) in [6, 6.07) is 0. The fourth-order valence-corrected chi connectivity index (χ4v) is 4.27. The van der Waals surface area contributed by atoms with E-state index in [4.69, 9.17) is 10.5 Å². The largest absolute Gasteiger partial charge is 0.378 e. The zero-order chi connectivity index (χ0) is 28.9. The molecule has 14 heteroatoms. The van der Waals surface area contributed by atoms with Gasteiger partial charge in [-0.15, -0.1) is 0 Å². The molecule has 0 unspecified atom stereocenters. The number of anilines is 3. The predicted molar refractivity (Wildman–Crippen MR) is 147 cm³/mol. The molecule has 40 heavy (non-hydrogen) atoms. The molecule has 0 bridgehead atoms.